The summed E-state index contributed by atoms with van der Waals surface area (Å²) in [6, 6.07) is 0. The molecule has 2 aliphatic rings. The first-order chi connectivity index (χ1) is 11.3. The Morgan fingerprint density at radius 2 is 1.52 bits per heavy atom. The van der Waals surface area contributed by atoms with Gasteiger partial charge < -0.3 is 4.84 Å². The molecule has 2 saturated heterocycles. The van der Waals surface area contributed by atoms with E-state index in [1.54, 1.807) is 0 Å². The summed E-state index contributed by atoms with van der Waals surface area (Å²) < 4.78 is 0. The number of hydroxylamine groups is 1. The number of hydrogen-bond acceptors (Lipinski definition) is 4. The van der Waals surface area contributed by atoms with Gasteiger partial charge in [0, 0.05) is 6.54 Å². The van der Waals surface area contributed by atoms with Crippen molar-refractivity contribution in [3.05, 3.63) is 0 Å². The average Bonchev–Trinajstić information content (AvgIpc) is 3.27. The lowest BCUT2D eigenvalue weighted by molar-refractivity contribution is 0.0000689. The van der Waals surface area contributed by atoms with Crippen LogP contribution in [0.3, 0.4) is 0 Å². The first kappa shape index (κ1) is 19.2. The van der Waals surface area contributed by atoms with Gasteiger partial charge in [0.15, 0.2) is 0 Å². The molecule has 2 rings (SSSR count). The minimum Gasteiger partial charge on any atom is -0.302 e. The van der Waals surface area contributed by atoms with Gasteiger partial charge in [0.2, 0.25) is 0 Å². The lowest BCUT2D eigenvalue weighted by Gasteiger charge is -2.35. The Bertz CT molecular complexity index is 272. The molecule has 0 amide bonds. The van der Waals surface area contributed by atoms with Crippen molar-refractivity contribution in [1.29, 1.82) is 0 Å². The highest BCUT2D eigenvalue weighted by Crippen LogP contribution is 2.21. The Kier molecular flexibility index (Phi) is 9.50. The SMILES string of the molecule is CCCCC(CC)CONCCC(N1CCCC1)N1CCCC1. The van der Waals surface area contributed by atoms with E-state index in [1.165, 1.54) is 84.0 Å². The molecule has 23 heavy (non-hydrogen) atoms. The van der Waals surface area contributed by atoms with E-state index in [9.17, 15) is 0 Å². The maximum Gasteiger partial charge on any atom is 0.0710 e. The van der Waals surface area contributed by atoms with Crippen LogP contribution in [0.15, 0.2) is 0 Å². The van der Waals surface area contributed by atoms with E-state index in [1.807, 2.05) is 0 Å². The van der Waals surface area contributed by atoms with Gasteiger partial charge in [-0.15, -0.1) is 0 Å². The van der Waals surface area contributed by atoms with Gasteiger partial charge >= 0.3 is 0 Å². The van der Waals surface area contributed by atoms with E-state index < -0.39 is 0 Å². The van der Waals surface area contributed by atoms with Crippen LogP contribution in [0, 0.1) is 5.92 Å². The van der Waals surface area contributed by atoms with Crippen LogP contribution < -0.4 is 5.48 Å². The van der Waals surface area contributed by atoms with Gasteiger partial charge in [-0.05, 0) is 70.6 Å². The molecule has 2 aliphatic heterocycles. The van der Waals surface area contributed by atoms with E-state index in [4.69, 9.17) is 4.84 Å². The molecule has 0 saturated carbocycles. The fourth-order valence-electron chi connectivity index (χ4n) is 4.01. The zero-order chi connectivity index (χ0) is 16.3. The fourth-order valence-corrected chi connectivity index (χ4v) is 4.01. The minimum absolute atomic E-state index is 0.637. The summed E-state index contributed by atoms with van der Waals surface area (Å²) >= 11 is 0. The Morgan fingerprint density at radius 1 is 0.913 bits per heavy atom. The fraction of sp³-hybridized carbons (Fsp3) is 1.00. The second-order valence-electron chi connectivity index (χ2n) is 7.38. The van der Waals surface area contributed by atoms with Gasteiger partial charge in [0.25, 0.3) is 0 Å². The highest BCUT2D eigenvalue weighted by Gasteiger charge is 2.28. The molecule has 0 aromatic heterocycles. The van der Waals surface area contributed by atoms with Crippen LogP contribution in [0.1, 0.15) is 71.6 Å². The molecule has 0 bridgehead atoms. The summed E-state index contributed by atoms with van der Waals surface area (Å²) in [5.74, 6) is 0.718. The number of nitrogens with one attached hydrogen (secondary N) is 1. The monoisotopic (exact) mass is 325 g/mol. The number of nitrogens with zero attached hydrogens (tertiary/aromatic N) is 2. The lowest BCUT2D eigenvalue weighted by atomic mass is 10.0. The van der Waals surface area contributed by atoms with Gasteiger partial charge in [-0.1, -0.05) is 33.1 Å². The van der Waals surface area contributed by atoms with Crippen molar-refractivity contribution in [3.8, 4) is 0 Å². The van der Waals surface area contributed by atoms with Crippen molar-refractivity contribution in [2.75, 3.05) is 39.3 Å². The van der Waals surface area contributed by atoms with Gasteiger partial charge in [0.1, 0.15) is 0 Å². The predicted molar refractivity (Wildman–Crippen MR) is 97.3 cm³/mol. The second-order valence-corrected chi connectivity index (χ2v) is 7.38. The van der Waals surface area contributed by atoms with Gasteiger partial charge in [-0.3, -0.25) is 9.80 Å². The van der Waals surface area contributed by atoms with Gasteiger partial charge in [0.05, 0.1) is 12.8 Å². The smallest absolute Gasteiger partial charge is 0.0710 e. The van der Waals surface area contributed by atoms with Gasteiger partial charge in [-0.2, -0.15) is 0 Å². The Morgan fingerprint density at radius 3 is 2.04 bits per heavy atom. The summed E-state index contributed by atoms with van der Waals surface area (Å²) in [4.78, 5) is 11.2. The first-order valence-corrected chi connectivity index (χ1v) is 10.2. The van der Waals surface area contributed by atoms with Crippen LogP contribution in [-0.2, 0) is 4.84 Å². The minimum atomic E-state index is 0.637. The molecule has 2 fully saturated rings. The summed E-state index contributed by atoms with van der Waals surface area (Å²) in [5, 5.41) is 0. The van der Waals surface area contributed by atoms with Crippen molar-refractivity contribution in [1.82, 2.24) is 15.3 Å². The van der Waals surface area contributed by atoms with Crippen LogP contribution >= 0.6 is 0 Å². The van der Waals surface area contributed by atoms with Crippen LogP contribution in [-0.4, -0.2) is 55.3 Å². The van der Waals surface area contributed by atoms with Crippen LogP contribution in [0.25, 0.3) is 0 Å². The molecule has 1 unspecified atom stereocenters. The van der Waals surface area contributed by atoms with Crippen molar-refractivity contribution < 1.29 is 4.84 Å². The van der Waals surface area contributed by atoms with E-state index in [0.29, 0.717) is 6.17 Å². The molecular weight excluding hydrogens is 286 g/mol. The third-order valence-corrected chi connectivity index (χ3v) is 5.59. The standard InChI is InChI=1S/C19H39N3O/c1-3-5-10-18(4-2)17-23-20-12-11-19(21-13-6-7-14-21)22-15-8-9-16-22/h18-20H,3-17H2,1-2H3. The topological polar surface area (TPSA) is 27.7 Å². The zero-order valence-corrected chi connectivity index (χ0v) is 15.6. The Balaban J connectivity index is 1.63. The molecule has 1 atom stereocenters. The zero-order valence-electron chi connectivity index (χ0n) is 15.6. The summed E-state index contributed by atoms with van der Waals surface area (Å²) in [6.07, 6.45) is 12.5. The van der Waals surface area contributed by atoms with E-state index in [0.717, 1.165) is 19.1 Å². The molecule has 1 N–H and O–H groups in total. The largest absolute Gasteiger partial charge is 0.302 e. The maximum atomic E-state index is 5.77. The van der Waals surface area contributed by atoms with Crippen molar-refractivity contribution in [2.24, 2.45) is 5.92 Å². The predicted octanol–water partition coefficient (Wildman–Crippen LogP) is 3.63. The lowest BCUT2D eigenvalue weighted by Crippen LogP contribution is -2.47. The Hall–Kier alpha value is -0.160. The third-order valence-electron chi connectivity index (χ3n) is 5.59. The van der Waals surface area contributed by atoms with Crippen LogP contribution in [0.2, 0.25) is 0 Å². The Labute approximate surface area is 143 Å². The highest BCUT2D eigenvalue weighted by molar-refractivity contribution is 4.80. The van der Waals surface area contributed by atoms with Crippen molar-refractivity contribution >= 4 is 0 Å². The highest BCUT2D eigenvalue weighted by atomic mass is 16.6. The van der Waals surface area contributed by atoms with Crippen LogP contribution in [0.4, 0.5) is 0 Å². The summed E-state index contributed by atoms with van der Waals surface area (Å²) in [5.41, 5.74) is 3.25. The molecule has 0 aliphatic carbocycles. The number of rotatable bonds is 12. The van der Waals surface area contributed by atoms with E-state index in [-0.39, 0.29) is 0 Å². The molecule has 4 heteroatoms. The van der Waals surface area contributed by atoms with Crippen LogP contribution in [0.5, 0.6) is 0 Å². The molecule has 2 heterocycles. The van der Waals surface area contributed by atoms with Crippen molar-refractivity contribution in [3.63, 3.8) is 0 Å². The molecular formula is C19H39N3O. The number of likely N-dealkylation sites (tertiary alicyclic amines) is 2. The number of unbranched alkanes of at least 4 members (excludes halogenated alkanes) is 1. The normalized spacial score (nSPS) is 21.5. The second kappa shape index (κ2) is 11.4. The van der Waals surface area contributed by atoms with E-state index >= 15 is 0 Å². The average molecular weight is 326 g/mol. The summed E-state index contributed by atoms with van der Waals surface area (Å²) in [7, 11) is 0. The van der Waals surface area contributed by atoms with Crippen molar-refractivity contribution in [2.45, 2.75) is 77.8 Å². The molecule has 136 valence electrons. The molecule has 0 aromatic rings. The first-order valence-electron chi connectivity index (χ1n) is 10.2. The summed E-state index contributed by atoms with van der Waals surface area (Å²) in [6.45, 7) is 11.5. The third kappa shape index (κ3) is 6.69. The quantitative estimate of drug-likeness (QED) is 0.438. The molecule has 0 radical (unpaired) electrons. The van der Waals surface area contributed by atoms with Gasteiger partial charge in [-0.25, -0.2) is 5.48 Å². The molecule has 4 nitrogen and oxygen atoms in total. The van der Waals surface area contributed by atoms with E-state index in [2.05, 4.69) is 29.1 Å². The molecule has 0 spiro atoms. The maximum absolute atomic E-state index is 5.77. The number of hydrogen-bond donors (Lipinski definition) is 1. The molecule has 0 aromatic carbocycles.